The molecule has 1 aromatic heterocycles. The Labute approximate surface area is 167 Å². The zero-order chi connectivity index (χ0) is 19.7. The highest BCUT2D eigenvalue weighted by Crippen LogP contribution is 2.36. The van der Waals surface area contributed by atoms with Crippen molar-refractivity contribution in [3.8, 4) is 5.75 Å². The Balaban J connectivity index is 1.42. The molecule has 2 heterocycles. The van der Waals surface area contributed by atoms with Gasteiger partial charge < -0.3 is 14.5 Å². The van der Waals surface area contributed by atoms with Crippen LogP contribution < -0.4 is 9.64 Å². The van der Waals surface area contributed by atoms with Crippen molar-refractivity contribution < 1.29 is 13.9 Å². The SMILES string of the molecule is COc1ccc(C)c2sc(N3CCN(C(=O)Cc4ccc(F)cc4)CC3)nc12. The predicted molar refractivity (Wildman–Crippen MR) is 110 cm³/mol. The topological polar surface area (TPSA) is 45.7 Å². The van der Waals surface area contributed by atoms with Crippen LogP contribution in [0.4, 0.5) is 9.52 Å². The number of anilines is 1. The molecule has 3 aromatic rings. The number of fused-ring (bicyclic) bond motifs is 1. The fourth-order valence-electron chi connectivity index (χ4n) is 3.43. The first-order valence-corrected chi connectivity index (χ1v) is 10.1. The number of nitrogens with zero attached hydrogens (tertiary/aromatic N) is 3. The third kappa shape index (κ3) is 3.67. The van der Waals surface area contributed by atoms with Crippen LogP contribution in [-0.4, -0.2) is 49.1 Å². The van der Waals surface area contributed by atoms with Crippen molar-refractivity contribution in [1.82, 2.24) is 9.88 Å². The van der Waals surface area contributed by atoms with Gasteiger partial charge in [-0.2, -0.15) is 0 Å². The number of hydrogen-bond acceptors (Lipinski definition) is 5. The van der Waals surface area contributed by atoms with Crippen molar-refractivity contribution in [3.05, 3.63) is 53.3 Å². The average molecular weight is 399 g/mol. The van der Waals surface area contributed by atoms with Gasteiger partial charge in [0.15, 0.2) is 5.13 Å². The Morgan fingerprint density at radius 1 is 1.14 bits per heavy atom. The van der Waals surface area contributed by atoms with Gasteiger partial charge in [-0.1, -0.05) is 29.5 Å². The molecule has 0 radical (unpaired) electrons. The van der Waals surface area contributed by atoms with Gasteiger partial charge in [0, 0.05) is 26.2 Å². The summed E-state index contributed by atoms with van der Waals surface area (Å²) >= 11 is 1.67. The number of hydrogen-bond donors (Lipinski definition) is 0. The zero-order valence-electron chi connectivity index (χ0n) is 15.9. The van der Waals surface area contributed by atoms with Crippen molar-refractivity contribution in [3.63, 3.8) is 0 Å². The molecule has 0 unspecified atom stereocenters. The second kappa shape index (κ2) is 7.75. The summed E-state index contributed by atoms with van der Waals surface area (Å²) < 4.78 is 19.6. The molecule has 0 bridgehead atoms. The highest BCUT2D eigenvalue weighted by Gasteiger charge is 2.24. The number of aryl methyl sites for hydroxylation is 1. The van der Waals surface area contributed by atoms with Crippen molar-refractivity contribution in [1.29, 1.82) is 0 Å². The van der Waals surface area contributed by atoms with Gasteiger partial charge in [0.05, 0.1) is 18.2 Å². The summed E-state index contributed by atoms with van der Waals surface area (Å²) in [5.74, 6) is 0.580. The molecule has 28 heavy (non-hydrogen) atoms. The minimum absolute atomic E-state index is 0.0769. The number of thiazole rings is 1. The Kier molecular flexibility index (Phi) is 5.17. The van der Waals surface area contributed by atoms with Crippen LogP contribution in [0.15, 0.2) is 36.4 Å². The molecule has 1 aliphatic heterocycles. The van der Waals surface area contributed by atoms with Gasteiger partial charge in [-0.25, -0.2) is 9.37 Å². The fourth-order valence-corrected chi connectivity index (χ4v) is 4.54. The van der Waals surface area contributed by atoms with Crippen molar-refractivity contribution in [2.24, 2.45) is 0 Å². The van der Waals surface area contributed by atoms with E-state index in [2.05, 4.69) is 17.9 Å². The molecule has 4 rings (SSSR count). The number of methoxy groups -OCH3 is 1. The third-order valence-electron chi connectivity index (χ3n) is 5.08. The Hall–Kier alpha value is -2.67. The van der Waals surface area contributed by atoms with Crippen LogP contribution >= 0.6 is 11.3 Å². The van der Waals surface area contributed by atoms with E-state index >= 15 is 0 Å². The van der Waals surface area contributed by atoms with Crippen LogP contribution in [0, 0.1) is 12.7 Å². The van der Waals surface area contributed by atoms with E-state index in [1.165, 1.54) is 17.7 Å². The van der Waals surface area contributed by atoms with E-state index in [1.54, 1.807) is 30.6 Å². The predicted octanol–water partition coefficient (Wildman–Crippen LogP) is 3.64. The summed E-state index contributed by atoms with van der Waals surface area (Å²) in [6, 6.07) is 10.1. The number of rotatable bonds is 4. The van der Waals surface area contributed by atoms with E-state index in [-0.39, 0.29) is 11.7 Å². The second-order valence-corrected chi connectivity index (χ2v) is 7.91. The van der Waals surface area contributed by atoms with Crippen LogP contribution in [0.25, 0.3) is 10.2 Å². The van der Waals surface area contributed by atoms with Gasteiger partial charge in [0.2, 0.25) is 5.91 Å². The van der Waals surface area contributed by atoms with E-state index in [0.29, 0.717) is 19.5 Å². The fraction of sp³-hybridized carbons (Fsp3) is 0.333. The van der Waals surface area contributed by atoms with E-state index in [1.807, 2.05) is 11.0 Å². The number of aromatic nitrogens is 1. The maximum absolute atomic E-state index is 13.0. The quantitative estimate of drug-likeness (QED) is 0.672. The first-order chi connectivity index (χ1) is 13.5. The van der Waals surface area contributed by atoms with Gasteiger partial charge in [0.1, 0.15) is 17.1 Å². The number of piperazine rings is 1. The van der Waals surface area contributed by atoms with Crippen LogP contribution in [0.5, 0.6) is 5.75 Å². The molecule has 146 valence electrons. The van der Waals surface area contributed by atoms with Crippen LogP contribution in [0.1, 0.15) is 11.1 Å². The number of carbonyl (C=O) groups is 1. The van der Waals surface area contributed by atoms with E-state index < -0.39 is 0 Å². The molecule has 1 amide bonds. The largest absolute Gasteiger partial charge is 0.494 e. The smallest absolute Gasteiger partial charge is 0.227 e. The molecule has 0 aliphatic carbocycles. The molecule has 1 fully saturated rings. The van der Waals surface area contributed by atoms with E-state index in [9.17, 15) is 9.18 Å². The van der Waals surface area contributed by atoms with Gasteiger partial charge in [-0.05, 0) is 36.2 Å². The lowest BCUT2D eigenvalue weighted by atomic mass is 10.1. The normalized spacial score (nSPS) is 14.5. The van der Waals surface area contributed by atoms with Crippen molar-refractivity contribution in [2.45, 2.75) is 13.3 Å². The molecule has 5 nitrogen and oxygen atoms in total. The molecule has 0 N–H and O–H groups in total. The summed E-state index contributed by atoms with van der Waals surface area (Å²) in [6.07, 6.45) is 0.303. The summed E-state index contributed by atoms with van der Waals surface area (Å²) in [5, 5.41) is 0.966. The second-order valence-electron chi connectivity index (χ2n) is 6.93. The lowest BCUT2D eigenvalue weighted by Crippen LogP contribution is -2.49. The zero-order valence-corrected chi connectivity index (χ0v) is 16.8. The van der Waals surface area contributed by atoms with E-state index in [4.69, 9.17) is 9.72 Å². The molecule has 2 aromatic carbocycles. The summed E-state index contributed by atoms with van der Waals surface area (Å²) in [7, 11) is 1.66. The Morgan fingerprint density at radius 3 is 2.54 bits per heavy atom. The van der Waals surface area contributed by atoms with Crippen LogP contribution in [0.2, 0.25) is 0 Å². The number of carbonyl (C=O) groups excluding carboxylic acids is 1. The molecular formula is C21H22FN3O2S. The lowest BCUT2D eigenvalue weighted by molar-refractivity contribution is -0.130. The first-order valence-electron chi connectivity index (χ1n) is 9.26. The number of halogens is 1. The maximum atomic E-state index is 13.0. The minimum atomic E-state index is -0.285. The molecule has 1 aliphatic rings. The maximum Gasteiger partial charge on any atom is 0.227 e. The first kappa shape index (κ1) is 18.7. The summed E-state index contributed by atoms with van der Waals surface area (Å²) in [6.45, 7) is 4.89. The highest BCUT2D eigenvalue weighted by atomic mass is 32.1. The van der Waals surface area contributed by atoms with Crippen LogP contribution in [-0.2, 0) is 11.2 Å². The van der Waals surface area contributed by atoms with Crippen LogP contribution in [0.3, 0.4) is 0 Å². The minimum Gasteiger partial charge on any atom is -0.494 e. The molecule has 0 atom stereocenters. The van der Waals surface area contributed by atoms with Gasteiger partial charge >= 0.3 is 0 Å². The van der Waals surface area contributed by atoms with Gasteiger partial charge in [-0.3, -0.25) is 4.79 Å². The molecule has 7 heteroatoms. The van der Waals surface area contributed by atoms with Gasteiger partial charge in [0.25, 0.3) is 0 Å². The molecule has 1 saturated heterocycles. The number of ether oxygens (including phenoxy) is 1. The number of benzene rings is 2. The molecule has 0 saturated carbocycles. The van der Waals surface area contributed by atoms with Gasteiger partial charge in [-0.15, -0.1) is 0 Å². The Morgan fingerprint density at radius 2 is 1.86 bits per heavy atom. The number of amides is 1. The van der Waals surface area contributed by atoms with Crippen molar-refractivity contribution in [2.75, 3.05) is 38.2 Å². The summed E-state index contributed by atoms with van der Waals surface area (Å²) in [5.41, 5.74) is 2.92. The molecular weight excluding hydrogens is 377 g/mol. The average Bonchev–Trinajstić information content (AvgIpc) is 3.16. The molecule has 0 spiro atoms. The lowest BCUT2D eigenvalue weighted by Gasteiger charge is -2.34. The van der Waals surface area contributed by atoms with Crippen molar-refractivity contribution >= 4 is 32.6 Å². The Bertz CT molecular complexity index is 995. The standard InChI is InChI=1S/C21H22FN3O2S/c1-14-3-8-17(27-2)19-20(14)28-21(23-19)25-11-9-24(10-12-25)18(26)13-15-4-6-16(22)7-5-15/h3-8H,9-13H2,1-2H3. The summed E-state index contributed by atoms with van der Waals surface area (Å²) in [4.78, 5) is 21.4. The monoisotopic (exact) mass is 399 g/mol. The van der Waals surface area contributed by atoms with E-state index in [0.717, 1.165) is 39.8 Å². The third-order valence-corrected chi connectivity index (χ3v) is 6.34. The highest BCUT2D eigenvalue weighted by molar-refractivity contribution is 7.22.